The third-order valence-corrected chi connectivity index (χ3v) is 3.11. The molecule has 18 heavy (non-hydrogen) atoms. The molecule has 2 N–H and O–H groups in total. The third-order valence-electron chi connectivity index (χ3n) is 3.11. The van der Waals surface area contributed by atoms with Crippen molar-refractivity contribution < 1.29 is 9.53 Å². The van der Waals surface area contributed by atoms with Crippen LogP contribution in [0.25, 0.3) is 0 Å². The van der Waals surface area contributed by atoms with Gasteiger partial charge in [0, 0.05) is 32.2 Å². The summed E-state index contributed by atoms with van der Waals surface area (Å²) in [6, 6.07) is 0.179. The number of rotatable bonds is 7. The summed E-state index contributed by atoms with van der Waals surface area (Å²) in [5, 5.41) is 6.25. The maximum Gasteiger partial charge on any atom is 0.236 e. The molecule has 1 amide bonds. The first-order valence-electron chi connectivity index (χ1n) is 6.97. The van der Waals surface area contributed by atoms with E-state index in [-0.39, 0.29) is 11.9 Å². The zero-order valence-electron chi connectivity index (χ0n) is 11.9. The predicted molar refractivity (Wildman–Crippen MR) is 72.6 cm³/mol. The van der Waals surface area contributed by atoms with Gasteiger partial charge in [-0.25, -0.2) is 0 Å². The molecule has 1 saturated heterocycles. The number of carbonyl (C=O) groups excluding carboxylic acids is 1. The van der Waals surface area contributed by atoms with Gasteiger partial charge in [0.05, 0.1) is 19.3 Å². The number of morpholine rings is 1. The highest BCUT2D eigenvalue weighted by Crippen LogP contribution is 1.99. The third kappa shape index (κ3) is 5.80. The Hall–Kier alpha value is -0.650. The Kier molecular flexibility index (Phi) is 7.23. The lowest BCUT2D eigenvalue weighted by Crippen LogP contribution is -2.50. The molecule has 0 aromatic carbocycles. The molecule has 0 bridgehead atoms. The van der Waals surface area contributed by atoms with Crippen molar-refractivity contribution in [2.24, 2.45) is 0 Å². The van der Waals surface area contributed by atoms with Crippen LogP contribution in [0, 0.1) is 0 Å². The quantitative estimate of drug-likeness (QED) is 0.685. The van der Waals surface area contributed by atoms with Crippen LogP contribution >= 0.6 is 0 Å². The summed E-state index contributed by atoms with van der Waals surface area (Å²) >= 11 is 0. The lowest BCUT2D eigenvalue weighted by Gasteiger charge is -2.30. The molecule has 2 unspecified atom stereocenters. The molecule has 5 heteroatoms. The Bertz CT molecular complexity index is 242. The molecule has 0 saturated carbocycles. The largest absolute Gasteiger partial charge is 0.379 e. The summed E-state index contributed by atoms with van der Waals surface area (Å²) < 4.78 is 5.32. The minimum Gasteiger partial charge on any atom is -0.379 e. The first-order chi connectivity index (χ1) is 8.63. The average Bonchev–Trinajstić information content (AvgIpc) is 2.36. The number of nitrogens with zero attached hydrogens (tertiary/aromatic N) is 1. The Balaban J connectivity index is 2.21. The van der Waals surface area contributed by atoms with Gasteiger partial charge in [-0.05, 0) is 20.3 Å². The Morgan fingerprint density at radius 2 is 2.00 bits per heavy atom. The summed E-state index contributed by atoms with van der Waals surface area (Å²) in [7, 11) is 0. The van der Waals surface area contributed by atoms with Gasteiger partial charge in [0.1, 0.15) is 0 Å². The summed E-state index contributed by atoms with van der Waals surface area (Å²) in [6.07, 6.45) is 0.974. The number of amides is 1. The van der Waals surface area contributed by atoms with Crippen LogP contribution in [0.3, 0.4) is 0 Å². The van der Waals surface area contributed by atoms with E-state index in [0.29, 0.717) is 6.04 Å². The van der Waals surface area contributed by atoms with E-state index >= 15 is 0 Å². The van der Waals surface area contributed by atoms with Gasteiger partial charge in [0.15, 0.2) is 0 Å². The van der Waals surface area contributed by atoms with Crippen molar-refractivity contribution in [3.63, 3.8) is 0 Å². The molecule has 0 aromatic heterocycles. The van der Waals surface area contributed by atoms with Gasteiger partial charge >= 0.3 is 0 Å². The second-order valence-corrected chi connectivity index (χ2v) is 4.99. The fourth-order valence-corrected chi connectivity index (χ4v) is 2.13. The van der Waals surface area contributed by atoms with E-state index in [1.807, 2.05) is 6.92 Å². The molecule has 1 aliphatic rings. The van der Waals surface area contributed by atoms with Gasteiger partial charge in [-0.15, -0.1) is 0 Å². The summed E-state index contributed by atoms with van der Waals surface area (Å²) in [5.41, 5.74) is 0. The monoisotopic (exact) mass is 257 g/mol. The van der Waals surface area contributed by atoms with Crippen molar-refractivity contribution in [1.82, 2.24) is 15.5 Å². The number of hydrogen-bond donors (Lipinski definition) is 2. The second-order valence-electron chi connectivity index (χ2n) is 4.99. The van der Waals surface area contributed by atoms with Crippen LogP contribution in [0.15, 0.2) is 0 Å². The SMILES string of the molecule is CCCNC(=O)C(C)NC(C)CN1CCOCC1. The fraction of sp³-hybridized carbons (Fsp3) is 0.923. The van der Waals surface area contributed by atoms with Crippen LogP contribution in [0.2, 0.25) is 0 Å². The van der Waals surface area contributed by atoms with Gasteiger partial charge in [0.25, 0.3) is 0 Å². The topological polar surface area (TPSA) is 53.6 Å². The molecule has 0 spiro atoms. The van der Waals surface area contributed by atoms with Gasteiger partial charge < -0.3 is 15.4 Å². The second kappa shape index (κ2) is 8.45. The Labute approximate surface area is 110 Å². The zero-order valence-corrected chi connectivity index (χ0v) is 11.9. The first-order valence-corrected chi connectivity index (χ1v) is 6.97. The van der Waals surface area contributed by atoms with Crippen molar-refractivity contribution in [2.75, 3.05) is 39.4 Å². The van der Waals surface area contributed by atoms with E-state index < -0.39 is 0 Å². The lowest BCUT2D eigenvalue weighted by molar-refractivity contribution is -0.122. The van der Waals surface area contributed by atoms with Crippen molar-refractivity contribution in [1.29, 1.82) is 0 Å². The van der Waals surface area contributed by atoms with Crippen LogP contribution in [-0.4, -0.2) is 62.3 Å². The highest BCUT2D eigenvalue weighted by atomic mass is 16.5. The molecule has 0 radical (unpaired) electrons. The smallest absolute Gasteiger partial charge is 0.236 e. The average molecular weight is 257 g/mol. The van der Waals surface area contributed by atoms with E-state index in [0.717, 1.165) is 45.8 Å². The van der Waals surface area contributed by atoms with Crippen molar-refractivity contribution >= 4 is 5.91 Å². The van der Waals surface area contributed by atoms with Crippen molar-refractivity contribution in [2.45, 2.75) is 39.3 Å². The molecule has 1 heterocycles. The van der Waals surface area contributed by atoms with Gasteiger partial charge in [-0.2, -0.15) is 0 Å². The summed E-state index contributed by atoms with van der Waals surface area (Å²) in [5.74, 6) is 0.0886. The summed E-state index contributed by atoms with van der Waals surface area (Å²) in [4.78, 5) is 14.1. The van der Waals surface area contributed by atoms with Gasteiger partial charge in [-0.1, -0.05) is 6.92 Å². The minimum atomic E-state index is -0.132. The van der Waals surface area contributed by atoms with E-state index in [4.69, 9.17) is 4.74 Å². The maximum atomic E-state index is 11.7. The predicted octanol–water partition coefficient (Wildman–Crippen LogP) is 0.211. The highest BCUT2D eigenvalue weighted by Gasteiger charge is 2.18. The Morgan fingerprint density at radius 1 is 1.33 bits per heavy atom. The van der Waals surface area contributed by atoms with Crippen LogP contribution in [0.4, 0.5) is 0 Å². The standard InChI is InChI=1S/C13H27N3O2/c1-4-5-14-13(17)12(3)15-11(2)10-16-6-8-18-9-7-16/h11-12,15H,4-10H2,1-3H3,(H,14,17). The Morgan fingerprint density at radius 3 is 2.61 bits per heavy atom. The molecule has 1 rings (SSSR count). The number of ether oxygens (including phenoxy) is 1. The fourth-order valence-electron chi connectivity index (χ4n) is 2.13. The lowest BCUT2D eigenvalue weighted by atomic mass is 10.2. The first kappa shape index (κ1) is 15.4. The van der Waals surface area contributed by atoms with Gasteiger partial charge in [-0.3, -0.25) is 9.69 Å². The number of carbonyl (C=O) groups is 1. The van der Waals surface area contributed by atoms with Crippen molar-refractivity contribution in [3.05, 3.63) is 0 Å². The van der Waals surface area contributed by atoms with Crippen LogP contribution in [0.1, 0.15) is 27.2 Å². The highest BCUT2D eigenvalue weighted by molar-refractivity contribution is 5.81. The van der Waals surface area contributed by atoms with Crippen LogP contribution < -0.4 is 10.6 Å². The van der Waals surface area contributed by atoms with Crippen LogP contribution in [-0.2, 0) is 9.53 Å². The molecule has 0 aliphatic carbocycles. The number of hydrogen-bond acceptors (Lipinski definition) is 4. The molecule has 0 aromatic rings. The van der Waals surface area contributed by atoms with E-state index in [2.05, 4.69) is 29.4 Å². The molecule has 106 valence electrons. The molecule has 2 atom stereocenters. The van der Waals surface area contributed by atoms with Crippen LogP contribution in [0.5, 0.6) is 0 Å². The zero-order chi connectivity index (χ0) is 13.4. The minimum absolute atomic E-state index is 0.0886. The molecular weight excluding hydrogens is 230 g/mol. The normalized spacial score (nSPS) is 20.4. The maximum absolute atomic E-state index is 11.7. The molecule has 5 nitrogen and oxygen atoms in total. The molecule has 1 fully saturated rings. The molecule has 1 aliphatic heterocycles. The van der Waals surface area contributed by atoms with E-state index in [1.54, 1.807) is 0 Å². The van der Waals surface area contributed by atoms with Crippen molar-refractivity contribution in [3.8, 4) is 0 Å². The number of nitrogens with one attached hydrogen (secondary N) is 2. The van der Waals surface area contributed by atoms with E-state index in [1.165, 1.54) is 0 Å². The van der Waals surface area contributed by atoms with Gasteiger partial charge in [0.2, 0.25) is 5.91 Å². The summed E-state index contributed by atoms with van der Waals surface area (Å²) in [6.45, 7) is 11.4. The van der Waals surface area contributed by atoms with E-state index in [9.17, 15) is 4.79 Å². The molecular formula is C13H27N3O2.